The maximum atomic E-state index is 14.8. The Morgan fingerprint density at radius 1 is 1.19 bits per heavy atom. The Labute approximate surface area is 160 Å². The molecule has 3 rings (SSSR count). The first-order valence-corrected chi connectivity index (χ1v) is 8.70. The number of halogens is 3. The third kappa shape index (κ3) is 3.53. The molecule has 144 valence electrons. The molecule has 0 aliphatic carbocycles. The van der Waals surface area contributed by atoms with E-state index in [-0.39, 0.29) is 39.3 Å². The molecule has 1 unspecified atom stereocenters. The lowest BCUT2D eigenvalue weighted by Gasteiger charge is -2.30. The highest BCUT2D eigenvalue weighted by Crippen LogP contribution is 2.39. The number of methoxy groups -OCH3 is 1. The summed E-state index contributed by atoms with van der Waals surface area (Å²) >= 11 is 6.32. The average molecular weight is 396 g/mol. The normalized spacial score (nSPS) is 13.0. The molecular weight excluding hydrogens is 376 g/mol. The number of ether oxygens (including phenoxy) is 1. The van der Waals surface area contributed by atoms with E-state index in [9.17, 15) is 8.78 Å². The molecule has 0 spiro atoms. The summed E-state index contributed by atoms with van der Waals surface area (Å²) in [7, 11) is 1.34. The van der Waals surface area contributed by atoms with Crippen LogP contribution in [0.2, 0.25) is 5.15 Å². The zero-order valence-corrected chi connectivity index (χ0v) is 16.4. The van der Waals surface area contributed by atoms with Gasteiger partial charge in [-0.15, -0.1) is 0 Å². The molecule has 0 saturated heterocycles. The van der Waals surface area contributed by atoms with Crippen molar-refractivity contribution in [3.05, 3.63) is 35.2 Å². The van der Waals surface area contributed by atoms with Crippen LogP contribution in [0.4, 0.5) is 14.6 Å². The minimum atomic E-state index is -0.818. The topological polar surface area (TPSA) is 64.3 Å². The molecule has 1 N–H and O–H groups in total. The van der Waals surface area contributed by atoms with Crippen molar-refractivity contribution in [1.82, 2.24) is 19.6 Å². The number of aromatic nitrogens is 4. The molecule has 2 heterocycles. The number of nitrogens with zero attached hydrogens (tertiary/aromatic N) is 4. The van der Waals surface area contributed by atoms with Crippen LogP contribution in [0.25, 0.3) is 16.9 Å². The van der Waals surface area contributed by atoms with Crippen molar-refractivity contribution in [2.45, 2.75) is 33.7 Å². The molecule has 0 bridgehead atoms. The maximum Gasteiger partial charge on any atom is 0.255 e. The number of anilines is 1. The predicted octanol–water partition coefficient (Wildman–Crippen LogP) is 4.58. The molecule has 1 atom stereocenters. The van der Waals surface area contributed by atoms with Gasteiger partial charge < -0.3 is 10.1 Å². The summed E-state index contributed by atoms with van der Waals surface area (Å²) in [4.78, 5) is 8.14. The van der Waals surface area contributed by atoms with Crippen LogP contribution in [0.15, 0.2) is 18.5 Å². The Morgan fingerprint density at radius 2 is 1.81 bits per heavy atom. The van der Waals surface area contributed by atoms with Gasteiger partial charge in [0, 0.05) is 18.2 Å². The molecular formula is C18H20ClF2N5O. The Morgan fingerprint density at radius 3 is 2.37 bits per heavy atom. The molecule has 3 aromatic rings. The van der Waals surface area contributed by atoms with Crippen molar-refractivity contribution in [3.8, 4) is 16.9 Å². The highest BCUT2D eigenvalue weighted by Gasteiger charge is 2.27. The van der Waals surface area contributed by atoms with Crippen LogP contribution in [0, 0.1) is 17.0 Å². The van der Waals surface area contributed by atoms with Gasteiger partial charge in [-0.1, -0.05) is 32.4 Å². The molecule has 27 heavy (non-hydrogen) atoms. The Balaban J connectivity index is 2.30. The zero-order chi connectivity index (χ0) is 19.9. The number of rotatable bonds is 4. The second kappa shape index (κ2) is 6.92. The van der Waals surface area contributed by atoms with E-state index in [2.05, 4.69) is 20.4 Å². The first-order valence-electron chi connectivity index (χ1n) is 8.32. The van der Waals surface area contributed by atoms with Crippen molar-refractivity contribution in [3.63, 3.8) is 0 Å². The van der Waals surface area contributed by atoms with Gasteiger partial charge in [0.25, 0.3) is 5.78 Å². The summed E-state index contributed by atoms with van der Waals surface area (Å²) < 4.78 is 35.8. The summed E-state index contributed by atoms with van der Waals surface area (Å²) in [6, 6.07) is 2.11. The van der Waals surface area contributed by atoms with Crippen molar-refractivity contribution >= 4 is 23.2 Å². The van der Waals surface area contributed by atoms with Gasteiger partial charge in [-0.2, -0.15) is 19.6 Å². The minimum absolute atomic E-state index is 0.0669. The smallest absolute Gasteiger partial charge is 0.255 e. The number of hydrogen-bond donors (Lipinski definition) is 1. The lowest BCUT2D eigenvalue weighted by atomic mass is 9.88. The zero-order valence-electron chi connectivity index (χ0n) is 15.6. The van der Waals surface area contributed by atoms with E-state index in [4.69, 9.17) is 16.3 Å². The highest BCUT2D eigenvalue weighted by molar-refractivity contribution is 6.33. The van der Waals surface area contributed by atoms with Gasteiger partial charge in [-0.25, -0.2) is 8.78 Å². The van der Waals surface area contributed by atoms with Crippen molar-refractivity contribution in [1.29, 1.82) is 0 Å². The fourth-order valence-electron chi connectivity index (χ4n) is 2.50. The first kappa shape index (κ1) is 19.3. The molecule has 1 aromatic carbocycles. The van der Waals surface area contributed by atoms with E-state index < -0.39 is 11.6 Å². The van der Waals surface area contributed by atoms with Gasteiger partial charge in [0.1, 0.15) is 34.7 Å². The molecule has 0 aliphatic rings. The maximum absolute atomic E-state index is 14.8. The fraction of sp³-hybridized carbons (Fsp3) is 0.389. The van der Waals surface area contributed by atoms with Gasteiger partial charge in [-0.05, 0) is 12.3 Å². The van der Waals surface area contributed by atoms with E-state index in [1.165, 1.54) is 18.0 Å². The summed E-state index contributed by atoms with van der Waals surface area (Å²) in [6.07, 6.45) is 1.30. The van der Waals surface area contributed by atoms with E-state index >= 15 is 0 Å². The summed E-state index contributed by atoms with van der Waals surface area (Å²) in [5.74, 6) is -1.03. The minimum Gasteiger partial charge on any atom is -0.497 e. The second-order valence-electron chi connectivity index (χ2n) is 7.30. The van der Waals surface area contributed by atoms with Gasteiger partial charge >= 0.3 is 0 Å². The van der Waals surface area contributed by atoms with Crippen LogP contribution in [-0.2, 0) is 0 Å². The van der Waals surface area contributed by atoms with Gasteiger partial charge in [0.15, 0.2) is 0 Å². The number of benzene rings is 1. The van der Waals surface area contributed by atoms with Crippen LogP contribution in [0.5, 0.6) is 5.75 Å². The van der Waals surface area contributed by atoms with Crippen LogP contribution in [0.3, 0.4) is 0 Å². The summed E-state index contributed by atoms with van der Waals surface area (Å²) in [5.41, 5.74) is -0.380. The molecule has 9 heteroatoms. The van der Waals surface area contributed by atoms with E-state index in [0.29, 0.717) is 5.82 Å². The van der Waals surface area contributed by atoms with Crippen LogP contribution >= 0.6 is 11.6 Å². The molecule has 0 radical (unpaired) electrons. The lowest BCUT2D eigenvalue weighted by Crippen LogP contribution is -2.32. The van der Waals surface area contributed by atoms with E-state index in [1.807, 2.05) is 27.7 Å². The van der Waals surface area contributed by atoms with Gasteiger partial charge in [0.05, 0.1) is 18.2 Å². The summed E-state index contributed by atoms with van der Waals surface area (Å²) in [6.45, 7) is 8.09. The SMILES string of the molecule is COc1cc(F)c(-c2c(Cl)nc3ncnn3c2NC(C)C(C)(C)C)c(F)c1. The molecule has 0 aliphatic heterocycles. The monoisotopic (exact) mass is 395 g/mol. The fourth-order valence-corrected chi connectivity index (χ4v) is 2.76. The third-order valence-corrected chi connectivity index (χ3v) is 4.81. The lowest BCUT2D eigenvalue weighted by molar-refractivity contribution is 0.358. The molecule has 6 nitrogen and oxygen atoms in total. The first-order chi connectivity index (χ1) is 12.6. The molecule has 0 amide bonds. The Bertz CT molecular complexity index is 976. The van der Waals surface area contributed by atoms with Crippen molar-refractivity contribution < 1.29 is 13.5 Å². The Kier molecular flexibility index (Phi) is 4.94. The highest BCUT2D eigenvalue weighted by atomic mass is 35.5. The van der Waals surface area contributed by atoms with Crippen molar-refractivity contribution in [2.75, 3.05) is 12.4 Å². The Hall–Kier alpha value is -2.48. The third-order valence-electron chi connectivity index (χ3n) is 4.54. The number of nitrogens with one attached hydrogen (secondary N) is 1. The summed E-state index contributed by atoms with van der Waals surface area (Å²) in [5, 5.41) is 7.32. The van der Waals surface area contributed by atoms with E-state index in [1.54, 1.807) is 0 Å². The number of fused-ring (bicyclic) bond motifs is 1. The molecule has 0 fully saturated rings. The van der Waals surface area contributed by atoms with Crippen LogP contribution in [0.1, 0.15) is 27.7 Å². The molecule has 0 saturated carbocycles. The standard InChI is InChI=1S/C18H20ClF2N5O/c1-9(18(2,3)4)24-16-14(15(19)25-17-22-8-23-26(16)17)13-11(20)6-10(27-5)7-12(13)21/h6-9,24H,1-5H3. The average Bonchev–Trinajstić information content (AvgIpc) is 3.03. The largest absolute Gasteiger partial charge is 0.497 e. The second-order valence-corrected chi connectivity index (χ2v) is 7.65. The predicted molar refractivity (Wildman–Crippen MR) is 100 cm³/mol. The molecule has 2 aromatic heterocycles. The number of hydrogen-bond acceptors (Lipinski definition) is 5. The van der Waals surface area contributed by atoms with Crippen molar-refractivity contribution in [2.24, 2.45) is 5.41 Å². The van der Waals surface area contributed by atoms with Crippen LogP contribution < -0.4 is 10.1 Å². The van der Waals surface area contributed by atoms with E-state index in [0.717, 1.165) is 12.1 Å². The van der Waals surface area contributed by atoms with Gasteiger partial charge in [0.2, 0.25) is 0 Å². The quantitative estimate of drug-likeness (QED) is 0.655. The van der Waals surface area contributed by atoms with Gasteiger partial charge in [-0.3, -0.25) is 0 Å². The van der Waals surface area contributed by atoms with Crippen LogP contribution in [-0.4, -0.2) is 32.7 Å².